The fourth-order valence-electron chi connectivity index (χ4n) is 3.17. The van der Waals surface area contributed by atoms with Crippen LogP contribution < -0.4 is 5.32 Å². The molecule has 0 saturated heterocycles. The molecule has 0 heterocycles. The van der Waals surface area contributed by atoms with Crippen LogP contribution in [0.5, 0.6) is 0 Å². The second-order valence-corrected chi connectivity index (χ2v) is 8.25. The first-order valence-electron chi connectivity index (χ1n) is 10.6. The highest BCUT2D eigenvalue weighted by Crippen LogP contribution is 2.15. The van der Waals surface area contributed by atoms with Crippen molar-refractivity contribution >= 4 is 17.6 Å². The largest absolute Gasteiger partial charge is 0.480 e. The molecule has 0 spiro atoms. The molecule has 25 heavy (non-hydrogen) atoms. The molecule has 0 aliphatic carbocycles. The van der Waals surface area contributed by atoms with E-state index in [0.29, 0.717) is 0 Å². The Morgan fingerprint density at radius 1 is 0.840 bits per heavy atom. The van der Waals surface area contributed by atoms with Gasteiger partial charge in [-0.2, -0.15) is 0 Å². The number of alkyl halides is 1. The van der Waals surface area contributed by atoms with Crippen molar-refractivity contribution in [2.24, 2.45) is 5.92 Å². The molecular formula is C21H42ClNO2. The number of nitrogens with one attached hydrogen (secondary N) is 1. The predicted molar refractivity (Wildman–Crippen MR) is 109 cm³/mol. The van der Waals surface area contributed by atoms with Gasteiger partial charge in [0.05, 0.1) is 5.50 Å². The summed E-state index contributed by atoms with van der Waals surface area (Å²) in [5.74, 6) is -0.767. The maximum absolute atomic E-state index is 11.1. The highest BCUT2D eigenvalue weighted by Gasteiger charge is 2.23. The van der Waals surface area contributed by atoms with Crippen LogP contribution >= 0.6 is 11.6 Å². The Kier molecular flexibility index (Phi) is 17.0. The minimum absolute atomic E-state index is 0.0467. The lowest BCUT2D eigenvalue weighted by Crippen LogP contribution is -2.44. The molecule has 0 rings (SSSR count). The van der Waals surface area contributed by atoms with E-state index in [0.717, 1.165) is 12.8 Å². The molecule has 0 aromatic rings. The van der Waals surface area contributed by atoms with Gasteiger partial charge in [-0.3, -0.25) is 10.1 Å². The van der Waals surface area contributed by atoms with Gasteiger partial charge < -0.3 is 5.11 Å². The first kappa shape index (κ1) is 24.7. The summed E-state index contributed by atoms with van der Waals surface area (Å²) in [6.07, 6.45) is 18.2. The minimum atomic E-state index is -0.814. The van der Waals surface area contributed by atoms with Gasteiger partial charge in [0, 0.05) is 0 Å². The highest BCUT2D eigenvalue weighted by molar-refractivity contribution is 6.20. The Labute approximate surface area is 161 Å². The van der Waals surface area contributed by atoms with Crippen molar-refractivity contribution in [3.63, 3.8) is 0 Å². The Bertz CT molecular complexity index is 310. The Morgan fingerprint density at radius 2 is 1.24 bits per heavy atom. The van der Waals surface area contributed by atoms with Gasteiger partial charge in [0.25, 0.3) is 0 Å². The molecule has 0 amide bonds. The van der Waals surface area contributed by atoms with Gasteiger partial charge in [0.1, 0.15) is 6.04 Å². The lowest BCUT2D eigenvalue weighted by atomic mass is 10.0. The number of halogens is 1. The zero-order chi connectivity index (χ0) is 18.9. The molecule has 3 nitrogen and oxygen atoms in total. The number of unbranched alkanes of at least 4 members (excludes halogenated alkanes) is 12. The second-order valence-electron chi connectivity index (χ2n) is 7.73. The topological polar surface area (TPSA) is 49.3 Å². The summed E-state index contributed by atoms with van der Waals surface area (Å²) in [5.41, 5.74) is -0.240. The quantitative estimate of drug-likeness (QED) is 0.158. The first-order chi connectivity index (χ1) is 12.0. The minimum Gasteiger partial charge on any atom is -0.480 e. The van der Waals surface area contributed by atoms with Crippen LogP contribution in [0.2, 0.25) is 0 Å². The maximum Gasteiger partial charge on any atom is 0.321 e. The third kappa shape index (κ3) is 15.7. The number of hydrogen-bond donors (Lipinski definition) is 2. The molecule has 0 saturated carbocycles. The number of aliphatic carboxylic acids is 1. The second kappa shape index (κ2) is 17.1. The molecule has 0 fully saturated rings. The van der Waals surface area contributed by atoms with Crippen LogP contribution in [0, 0.1) is 5.92 Å². The van der Waals surface area contributed by atoms with Gasteiger partial charge in [-0.25, -0.2) is 0 Å². The third-order valence-electron chi connectivity index (χ3n) is 4.85. The van der Waals surface area contributed by atoms with E-state index in [1.807, 2.05) is 13.8 Å². The van der Waals surface area contributed by atoms with E-state index in [1.165, 1.54) is 77.0 Å². The summed E-state index contributed by atoms with van der Waals surface area (Å²) >= 11 is 6.23. The molecule has 0 aromatic carbocycles. The average molecular weight is 376 g/mol. The molecule has 0 aromatic heterocycles. The van der Waals surface area contributed by atoms with Crippen LogP contribution in [0.15, 0.2) is 0 Å². The smallest absolute Gasteiger partial charge is 0.321 e. The van der Waals surface area contributed by atoms with Gasteiger partial charge in [-0.05, 0) is 12.3 Å². The average Bonchev–Trinajstić information content (AvgIpc) is 2.56. The van der Waals surface area contributed by atoms with Crippen molar-refractivity contribution in [3.05, 3.63) is 0 Å². The fourth-order valence-corrected chi connectivity index (χ4v) is 3.46. The molecule has 0 bridgehead atoms. The molecule has 4 heteroatoms. The van der Waals surface area contributed by atoms with E-state index >= 15 is 0 Å². The molecular weight excluding hydrogens is 334 g/mol. The van der Waals surface area contributed by atoms with Gasteiger partial charge in [0.2, 0.25) is 0 Å². The Hall–Kier alpha value is -0.280. The molecule has 150 valence electrons. The SMILES string of the molecule is CCCCCCCCCCCCCCCC(Cl)NC(C(=O)O)C(C)C. The van der Waals surface area contributed by atoms with Gasteiger partial charge in [-0.1, -0.05) is 104 Å². The van der Waals surface area contributed by atoms with E-state index < -0.39 is 12.0 Å². The van der Waals surface area contributed by atoms with Gasteiger partial charge in [0.15, 0.2) is 0 Å². The number of rotatable bonds is 18. The standard InChI is InChI=1S/C21H42ClNO2/c1-4-5-6-7-8-9-10-11-12-13-14-15-16-17-19(22)23-20(18(2)3)21(24)25/h18-20,23H,4-17H2,1-3H3,(H,24,25). The van der Waals surface area contributed by atoms with E-state index in [2.05, 4.69) is 12.2 Å². The van der Waals surface area contributed by atoms with E-state index in [1.54, 1.807) is 0 Å². The van der Waals surface area contributed by atoms with E-state index in [-0.39, 0.29) is 11.4 Å². The first-order valence-corrected chi connectivity index (χ1v) is 11.1. The summed E-state index contributed by atoms with van der Waals surface area (Å²) < 4.78 is 0. The molecule has 0 radical (unpaired) electrons. The van der Waals surface area contributed by atoms with Crippen molar-refractivity contribution in [1.29, 1.82) is 0 Å². The normalized spacial score (nSPS) is 14.0. The third-order valence-corrected chi connectivity index (χ3v) is 5.20. The summed E-state index contributed by atoms with van der Waals surface area (Å²) in [7, 11) is 0. The van der Waals surface area contributed by atoms with E-state index in [4.69, 9.17) is 16.7 Å². The maximum atomic E-state index is 11.1. The molecule has 2 unspecified atom stereocenters. The van der Waals surface area contributed by atoms with Crippen molar-refractivity contribution in [1.82, 2.24) is 5.32 Å². The zero-order valence-corrected chi connectivity index (χ0v) is 17.6. The molecule has 2 N–H and O–H groups in total. The predicted octanol–water partition coefficient (Wildman–Crippen LogP) is 6.73. The van der Waals surface area contributed by atoms with Crippen LogP contribution in [0.3, 0.4) is 0 Å². The van der Waals surface area contributed by atoms with Gasteiger partial charge in [-0.15, -0.1) is 11.6 Å². The molecule has 0 aliphatic heterocycles. The van der Waals surface area contributed by atoms with E-state index in [9.17, 15) is 4.79 Å². The highest BCUT2D eigenvalue weighted by atomic mass is 35.5. The van der Waals surface area contributed by atoms with Crippen LogP contribution in [-0.2, 0) is 4.79 Å². The summed E-state index contributed by atoms with van der Waals surface area (Å²) in [5, 5.41) is 12.2. The molecule has 0 aliphatic rings. The number of carbonyl (C=O) groups is 1. The van der Waals surface area contributed by atoms with Crippen molar-refractivity contribution < 1.29 is 9.90 Å². The fraction of sp³-hybridized carbons (Fsp3) is 0.952. The summed E-state index contributed by atoms with van der Waals surface area (Å²) in [4.78, 5) is 11.1. The molecule has 2 atom stereocenters. The number of carboxylic acid groups (broad SMARTS) is 1. The summed E-state index contributed by atoms with van der Waals surface area (Å²) in [6.45, 7) is 6.07. The zero-order valence-electron chi connectivity index (χ0n) is 16.9. The van der Waals surface area contributed by atoms with Crippen LogP contribution in [0.4, 0.5) is 0 Å². The lowest BCUT2D eigenvalue weighted by molar-refractivity contribution is -0.140. The van der Waals surface area contributed by atoms with Crippen molar-refractivity contribution in [2.75, 3.05) is 0 Å². The number of carboxylic acids is 1. The van der Waals surface area contributed by atoms with Crippen molar-refractivity contribution in [3.8, 4) is 0 Å². The van der Waals surface area contributed by atoms with Gasteiger partial charge >= 0.3 is 5.97 Å². The summed E-state index contributed by atoms with van der Waals surface area (Å²) in [6, 6.07) is -0.551. The Morgan fingerprint density at radius 3 is 1.60 bits per heavy atom. The van der Waals surface area contributed by atoms with Crippen LogP contribution in [0.1, 0.15) is 111 Å². The van der Waals surface area contributed by atoms with Crippen molar-refractivity contribution in [2.45, 2.75) is 122 Å². The van der Waals surface area contributed by atoms with Crippen LogP contribution in [-0.4, -0.2) is 22.6 Å². The Balaban J connectivity index is 3.39. The lowest BCUT2D eigenvalue weighted by Gasteiger charge is -2.21. The number of hydrogen-bond acceptors (Lipinski definition) is 2. The van der Waals surface area contributed by atoms with Crippen LogP contribution in [0.25, 0.3) is 0 Å². The monoisotopic (exact) mass is 375 g/mol.